The molecule has 1 atom stereocenters. The fourth-order valence-electron chi connectivity index (χ4n) is 4.44. The number of rotatable bonds is 5. The molecular formula is C28H25NO. The van der Waals surface area contributed by atoms with E-state index in [-0.39, 0.29) is 5.92 Å². The summed E-state index contributed by atoms with van der Waals surface area (Å²) >= 11 is 0. The van der Waals surface area contributed by atoms with Crippen molar-refractivity contribution in [1.29, 1.82) is 0 Å². The molecule has 2 heterocycles. The third kappa shape index (κ3) is 3.15. The second-order valence-electron chi connectivity index (χ2n) is 7.80. The van der Waals surface area contributed by atoms with E-state index in [0.717, 1.165) is 23.5 Å². The minimum absolute atomic E-state index is 0.213. The molecule has 0 saturated carbocycles. The molecule has 2 aromatic heterocycles. The van der Waals surface area contributed by atoms with E-state index >= 15 is 0 Å². The van der Waals surface area contributed by atoms with Gasteiger partial charge in [-0.2, -0.15) is 0 Å². The van der Waals surface area contributed by atoms with Crippen LogP contribution in [-0.2, 0) is 7.05 Å². The molecule has 1 unspecified atom stereocenters. The van der Waals surface area contributed by atoms with Gasteiger partial charge in [0.25, 0.3) is 0 Å². The van der Waals surface area contributed by atoms with Crippen LogP contribution >= 0.6 is 0 Å². The van der Waals surface area contributed by atoms with Gasteiger partial charge in [0.15, 0.2) is 0 Å². The van der Waals surface area contributed by atoms with Crippen LogP contribution in [0.5, 0.6) is 0 Å². The normalized spacial score (nSPS) is 12.3. The number of hydrogen-bond donors (Lipinski definition) is 0. The highest BCUT2D eigenvalue weighted by atomic mass is 16.3. The first-order chi connectivity index (χ1) is 14.8. The van der Waals surface area contributed by atoms with E-state index < -0.39 is 0 Å². The lowest BCUT2D eigenvalue weighted by Crippen LogP contribution is -1.99. The largest absolute Gasteiger partial charge is 0.460 e. The van der Waals surface area contributed by atoms with Gasteiger partial charge in [-0.1, -0.05) is 85.8 Å². The van der Waals surface area contributed by atoms with Crippen LogP contribution in [0.4, 0.5) is 0 Å². The van der Waals surface area contributed by atoms with Gasteiger partial charge < -0.3 is 8.98 Å². The molecule has 0 fully saturated rings. The number of para-hydroxylation sites is 1. The van der Waals surface area contributed by atoms with Crippen molar-refractivity contribution in [3.63, 3.8) is 0 Å². The van der Waals surface area contributed by atoms with Gasteiger partial charge in [-0.3, -0.25) is 0 Å². The van der Waals surface area contributed by atoms with Gasteiger partial charge in [-0.05, 0) is 29.7 Å². The molecule has 0 amide bonds. The van der Waals surface area contributed by atoms with Crippen molar-refractivity contribution in [3.05, 3.63) is 109 Å². The first-order valence-corrected chi connectivity index (χ1v) is 10.5. The van der Waals surface area contributed by atoms with E-state index in [1.807, 2.05) is 0 Å². The summed E-state index contributed by atoms with van der Waals surface area (Å²) < 4.78 is 8.84. The molecule has 0 aliphatic carbocycles. The fraction of sp³-hybridized carbons (Fsp3) is 0.143. The van der Waals surface area contributed by atoms with Crippen LogP contribution in [0.1, 0.15) is 30.6 Å². The molecule has 30 heavy (non-hydrogen) atoms. The lowest BCUT2D eigenvalue weighted by molar-refractivity contribution is 0.493. The average molecular weight is 392 g/mol. The zero-order valence-electron chi connectivity index (χ0n) is 17.4. The molecule has 0 aliphatic rings. The summed E-state index contributed by atoms with van der Waals surface area (Å²) in [4.78, 5) is 0. The summed E-state index contributed by atoms with van der Waals surface area (Å²) in [5.74, 6) is 2.18. The molecule has 148 valence electrons. The lowest BCUT2D eigenvalue weighted by Gasteiger charge is -2.15. The topological polar surface area (TPSA) is 18.1 Å². The highest BCUT2D eigenvalue weighted by Gasteiger charge is 2.24. The second kappa shape index (κ2) is 7.72. The maximum absolute atomic E-state index is 6.67. The van der Waals surface area contributed by atoms with Gasteiger partial charge in [0.05, 0.1) is 0 Å². The molecule has 3 aromatic carbocycles. The van der Waals surface area contributed by atoms with Crippen molar-refractivity contribution < 1.29 is 4.42 Å². The molecule has 5 rings (SSSR count). The van der Waals surface area contributed by atoms with Gasteiger partial charge in [0.2, 0.25) is 0 Å². The number of hydrogen-bond acceptors (Lipinski definition) is 1. The van der Waals surface area contributed by atoms with Crippen LogP contribution in [-0.4, -0.2) is 4.57 Å². The molecule has 0 bridgehead atoms. The number of aryl methyl sites for hydroxylation is 1. The summed E-state index contributed by atoms with van der Waals surface area (Å²) in [6.07, 6.45) is 3.15. The molecule has 0 saturated heterocycles. The van der Waals surface area contributed by atoms with Crippen molar-refractivity contribution in [1.82, 2.24) is 4.57 Å². The predicted molar refractivity (Wildman–Crippen MR) is 125 cm³/mol. The summed E-state index contributed by atoms with van der Waals surface area (Å²) in [6.45, 7) is 2.23. The van der Waals surface area contributed by atoms with E-state index in [4.69, 9.17) is 4.42 Å². The lowest BCUT2D eigenvalue weighted by atomic mass is 9.90. The smallest absolute Gasteiger partial charge is 0.137 e. The van der Waals surface area contributed by atoms with Crippen molar-refractivity contribution in [2.24, 2.45) is 7.05 Å². The number of nitrogens with zero attached hydrogens (tertiary/aromatic N) is 1. The van der Waals surface area contributed by atoms with E-state index in [2.05, 4.69) is 116 Å². The SMILES string of the molecule is CCC(c1ccccc1)c1oc(-c2cn(C)c3ccccc23)cc1-c1ccccc1. The van der Waals surface area contributed by atoms with Crippen LogP contribution in [0.25, 0.3) is 33.4 Å². The highest BCUT2D eigenvalue weighted by molar-refractivity contribution is 5.95. The van der Waals surface area contributed by atoms with Crippen LogP contribution < -0.4 is 0 Å². The Morgan fingerprint density at radius 2 is 1.47 bits per heavy atom. The predicted octanol–water partition coefficient (Wildman–Crippen LogP) is 7.65. The van der Waals surface area contributed by atoms with Gasteiger partial charge in [-0.15, -0.1) is 0 Å². The summed E-state index contributed by atoms with van der Waals surface area (Å²) in [7, 11) is 2.09. The molecule has 0 N–H and O–H groups in total. The molecule has 2 heteroatoms. The molecular weight excluding hydrogens is 366 g/mol. The maximum Gasteiger partial charge on any atom is 0.137 e. The third-order valence-electron chi connectivity index (χ3n) is 5.93. The van der Waals surface area contributed by atoms with E-state index in [1.54, 1.807) is 0 Å². The molecule has 0 aliphatic heterocycles. The minimum Gasteiger partial charge on any atom is -0.460 e. The van der Waals surface area contributed by atoms with Gasteiger partial charge >= 0.3 is 0 Å². The molecule has 2 nitrogen and oxygen atoms in total. The van der Waals surface area contributed by atoms with Gasteiger partial charge in [0.1, 0.15) is 11.5 Å². The Labute approximate surface area is 177 Å². The Balaban J connectivity index is 1.73. The zero-order valence-corrected chi connectivity index (χ0v) is 17.4. The van der Waals surface area contributed by atoms with Crippen LogP contribution in [0.3, 0.4) is 0 Å². The first-order valence-electron chi connectivity index (χ1n) is 10.5. The van der Waals surface area contributed by atoms with Crippen LogP contribution in [0, 0.1) is 0 Å². The Morgan fingerprint density at radius 1 is 0.800 bits per heavy atom. The zero-order chi connectivity index (χ0) is 20.5. The van der Waals surface area contributed by atoms with Crippen molar-refractivity contribution in [2.75, 3.05) is 0 Å². The fourth-order valence-corrected chi connectivity index (χ4v) is 4.44. The Morgan fingerprint density at radius 3 is 2.20 bits per heavy atom. The molecule has 0 radical (unpaired) electrons. The monoisotopic (exact) mass is 391 g/mol. The highest BCUT2D eigenvalue weighted by Crippen LogP contribution is 2.42. The van der Waals surface area contributed by atoms with Crippen LogP contribution in [0.15, 0.2) is 102 Å². The van der Waals surface area contributed by atoms with E-state index in [1.165, 1.54) is 27.6 Å². The second-order valence-corrected chi connectivity index (χ2v) is 7.80. The molecule has 5 aromatic rings. The van der Waals surface area contributed by atoms with E-state index in [9.17, 15) is 0 Å². The Bertz CT molecular complexity index is 1280. The average Bonchev–Trinajstić information content (AvgIpc) is 3.38. The summed E-state index contributed by atoms with van der Waals surface area (Å²) in [5.41, 5.74) is 6.00. The maximum atomic E-state index is 6.67. The van der Waals surface area contributed by atoms with Gasteiger partial charge in [-0.25, -0.2) is 0 Å². The standard InChI is InChI=1S/C28H25NO/c1-3-22(20-12-6-4-7-13-20)28-24(21-14-8-5-9-15-21)18-27(30-28)25-19-29(2)26-17-11-10-16-23(25)26/h4-19,22H,3H2,1-2H3. The summed E-state index contributed by atoms with van der Waals surface area (Å²) in [6, 6.07) is 32.0. The molecule has 0 spiro atoms. The Hall–Kier alpha value is -3.52. The van der Waals surface area contributed by atoms with Crippen molar-refractivity contribution in [3.8, 4) is 22.5 Å². The third-order valence-corrected chi connectivity index (χ3v) is 5.93. The van der Waals surface area contributed by atoms with E-state index in [0.29, 0.717) is 0 Å². The number of benzene rings is 3. The Kier molecular flexibility index (Phi) is 4.76. The van der Waals surface area contributed by atoms with Crippen molar-refractivity contribution in [2.45, 2.75) is 19.3 Å². The van der Waals surface area contributed by atoms with Crippen LogP contribution in [0.2, 0.25) is 0 Å². The van der Waals surface area contributed by atoms with Gasteiger partial charge in [0, 0.05) is 41.2 Å². The quantitative estimate of drug-likeness (QED) is 0.301. The number of aromatic nitrogens is 1. The van der Waals surface area contributed by atoms with Crippen molar-refractivity contribution >= 4 is 10.9 Å². The number of furan rings is 1. The number of fused-ring (bicyclic) bond motifs is 1. The minimum atomic E-state index is 0.213. The summed E-state index contributed by atoms with van der Waals surface area (Å²) in [5, 5.41) is 1.22. The first kappa shape index (κ1) is 18.5.